The summed E-state index contributed by atoms with van der Waals surface area (Å²) in [6, 6.07) is 4.93. The maximum Gasteiger partial charge on any atom is 0.318 e. The molecule has 15 heavy (non-hydrogen) atoms. The molecule has 1 rings (SSSR count). The molecule has 0 unspecified atom stereocenters. The molecular weight excluding hydrogens is 207 g/mol. The van der Waals surface area contributed by atoms with Crippen molar-refractivity contribution >= 4 is 5.69 Å². The molecule has 0 fully saturated rings. The Morgan fingerprint density at radius 1 is 1.67 bits per heavy atom. The van der Waals surface area contributed by atoms with Gasteiger partial charge in [0.1, 0.15) is 5.69 Å². The fourth-order valence-corrected chi connectivity index (χ4v) is 0.871. The van der Waals surface area contributed by atoms with Crippen LogP contribution in [0.3, 0.4) is 0 Å². The van der Waals surface area contributed by atoms with E-state index in [0.29, 0.717) is 0 Å². The second-order valence-corrected chi connectivity index (χ2v) is 2.41. The summed E-state index contributed by atoms with van der Waals surface area (Å²) in [5.41, 5.74) is -0.267. The molecule has 0 aliphatic heterocycles. The summed E-state index contributed by atoms with van der Waals surface area (Å²) in [7, 11) is 0. The zero-order valence-electron chi connectivity index (χ0n) is 7.25. The van der Waals surface area contributed by atoms with Crippen LogP contribution in [-0.4, -0.2) is 5.09 Å². The molecule has 0 atom stereocenters. The van der Waals surface area contributed by atoms with Crippen molar-refractivity contribution < 1.29 is 14.4 Å². The van der Waals surface area contributed by atoms with E-state index in [2.05, 4.69) is 4.94 Å². The summed E-state index contributed by atoms with van der Waals surface area (Å²) in [4.78, 5) is 13.7. The van der Waals surface area contributed by atoms with E-state index in [9.17, 15) is 14.5 Å². The minimum atomic E-state index is -1.18. The first-order chi connectivity index (χ1) is 7.04. The topological polar surface area (TPSA) is 105 Å². The molecule has 1 aromatic carbocycles. The van der Waals surface area contributed by atoms with Gasteiger partial charge in [-0.25, -0.2) is 10.2 Å². The monoisotopic (exact) mass is 212 g/mol. The van der Waals surface area contributed by atoms with E-state index >= 15 is 0 Å². The van der Waals surface area contributed by atoms with Crippen molar-refractivity contribution in [2.24, 2.45) is 5.84 Å². The van der Waals surface area contributed by atoms with Crippen LogP contribution in [0.25, 0.3) is 0 Å². The highest BCUT2D eigenvalue weighted by molar-refractivity contribution is 5.48. The molecule has 0 aromatic heterocycles. The molecule has 0 aliphatic carbocycles. The van der Waals surface area contributed by atoms with Gasteiger partial charge in [-0.3, -0.25) is 0 Å². The molecule has 1 aromatic rings. The number of hydrazine groups is 1. The second kappa shape index (κ2) is 4.21. The van der Waals surface area contributed by atoms with Crippen molar-refractivity contribution in [2.45, 2.75) is 0 Å². The smallest absolute Gasteiger partial charge is 0.223 e. The lowest BCUT2D eigenvalue weighted by Crippen LogP contribution is -2.34. The molecule has 2 N–H and O–H groups in total. The van der Waals surface area contributed by atoms with Gasteiger partial charge in [0.25, 0.3) is 0 Å². The number of hydrogen-bond donors (Lipinski definition) is 1. The van der Waals surface area contributed by atoms with E-state index in [1.54, 1.807) is 6.07 Å². The van der Waals surface area contributed by atoms with Gasteiger partial charge in [0.15, 0.2) is 5.82 Å². The predicted molar refractivity (Wildman–Crippen MR) is 45.9 cm³/mol. The van der Waals surface area contributed by atoms with Crippen LogP contribution in [-0.2, 0) is 4.94 Å². The maximum absolute atomic E-state index is 13.2. The predicted octanol–water partition coefficient (Wildman–Crippen LogP) is 0.501. The minimum absolute atomic E-state index is 0.0748. The van der Waals surface area contributed by atoms with Gasteiger partial charge >= 0.3 is 5.09 Å². The second-order valence-electron chi connectivity index (χ2n) is 2.41. The van der Waals surface area contributed by atoms with E-state index in [4.69, 9.17) is 11.1 Å². The van der Waals surface area contributed by atoms with E-state index in [-0.39, 0.29) is 16.4 Å². The van der Waals surface area contributed by atoms with E-state index in [1.807, 2.05) is 0 Å². The van der Waals surface area contributed by atoms with Gasteiger partial charge in [-0.2, -0.15) is 10.2 Å². The van der Waals surface area contributed by atoms with Crippen molar-refractivity contribution in [1.29, 1.82) is 5.26 Å². The third kappa shape index (κ3) is 2.52. The quantitative estimate of drug-likeness (QED) is 0.444. The van der Waals surface area contributed by atoms with E-state index in [0.717, 1.165) is 12.1 Å². The third-order valence-electron chi connectivity index (χ3n) is 1.47. The van der Waals surface area contributed by atoms with Crippen molar-refractivity contribution in [3.63, 3.8) is 0 Å². The molecule has 0 amide bonds. The molecule has 0 heterocycles. The van der Waals surface area contributed by atoms with Crippen LogP contribution >= 0.6 is 0 Å². The van der Waals surface area contributed by atoms with Crippen LogP contribution in [0.15, 0.2) is 18.2 Å². The fraction of sp³-hybridized carbons (Fsp3) is 0. The van der Waals surface area contributed by atoms with Crippen molar-refractivity contribution in [2.75, 3.05) is 5.17 Å². The molecular formula is C7H5FN4O3. The molecule has 0 saturated carbocycles. The summed E-state index contributed by atoms with van der Waals surface area (Å²) >= 11 is 0. The fourth-order valence-electron chi connectivity index (χ4n) is 0.871. The average Bonchev–Trinajstić information content (AvgIpc) is 2.16. The maximum atomic E-state index is 13.2. The lowest BCUT2D eigenvalue weighted by molar-refractivity contribution is -0.762. The van der Waals surface area contributed by atoms with Crippen molar-refractivity contribution in [3.8, 4) is 6.07 Å². The van der Waals surface area contributed by atoms with Gasteiger partial charge in [-0.15, -0.1) is 15.3 Å². The van der Waals surface area contributed by atoms with Crippen molar-refractivity contribution in [3.05, 3.63) is 39.7 Å². The molecule has 0 saturated heterocycles. The first-order valence-electron chi connectivity index (χ1n) is 3.61. The Morgan fingerprint density at radius 2 is 2.33 bits per heavy atom. The number of nitrogens with zero attached hydrogens (tertiary/aromatic N) is 3. The molecule has 0 spiro atoms. The van der Waals surface area contributed by atoms with Gasteiger partial charge in [0.2, 0.25) is 0 Å². The summed E-state index contributed by atoms with van der Waals surface area (Å²) in [6.45, 7) is 0. The number of benzene rings is 1. The van der Waals surface area contributed by atoms with Crippen molar-refractivity contribution in [1.82, 2.24) is 0 Å². The molecule has 8 heteroatoms. The summed E-state index contributed by atoms with van der Waals surface area (Å²) < 4.78 is 13.2. The number of nitriles is 1. The molecule has 7 nitrogen and oxygen atoms in total. The van der Waals surface area contributed by atoms with Gasteiger partial charge in [-0.05, 0) is 18.2 Å². The third-order valence-corrected chi connectivity index (χ3v) is 1.47. The van der Waals surface area contributed by atoms with E-state index in [1.165, 1.54) is 6.07 Å². The van der Waals surface area contributed by atoms with Crippen LogP contribution in [0.2, 0.25) is 0 Å². The van der Waals surface area contributed by atoms with Crippen LogP contribution in [0.1, 0.15) is 5.56 Å². The standard InChI is InChI=1S/C7H5FN4O3/c8-6-3-5(4-9)1-2-7(6)11(10)15-12(13)14/h1-3H,10H2. The highest BCUT2D eigenvalue weighted by Gasteiger charge is 2.12. The number of halogens is 1. The number of rotatable bonds is 3. The molecule has 78 valence electrons. The Kier molecular flexibility index (Phi) is 3.00. The normalized spacial score (nSPS) is 9.13. The average molecular weight is 212 g/mol. The van der Waals surface area contributed by atoms with Gasteiger partial charge in [0.05, 0.1) is 11.6 Å². The Hall–Kier alpha value is -2.40. The van der Waals surface area contributed by atoms with Gasteiger partial charge in [0, 0.05) is 0 Å². The molecule has 0 bridgehead atoms. The van der Waals surface area contributed by atoms with E-state index < -0.39 is 10.9 Å². The highest BCUT2D eigenvalue weighted by atomic mass is 19.1. The summed E-state index contributed by atoms with van der Waals surface area (Å²) in [5, 5.41) is 17.3. The minimum Gasteiger partial charge on any atom is -0.223 e. The summed E-state index contributed by atoms with van der Waals surface area (Å²) in [5.74, 6) is 4.14. The molecule has 0 aliphatic rings. The Morgan fingerprint density at radius 3 is 2.80 bits per heavy atom. The van der Waals surface area contributed by atoms with Gasteiger partial charge < -0.3 is 0 Å². The highest BCUT2D eigenvalue weighted by Crippen LogP contribution is 2.18. The number of nitrogens with two attached hydrogens (primary N) is 1. The molecule has 0 radical (unpaired) electrons. The zero-order valence-corrected chi connectivity index (χ0v) is 7.25. The Bertz CT molecular complexity index is 431. The van der Waals surface area contributed by atoms with Gasteiger partial charge in [-0.1, -0.05) is 0 Å². The van der Waals surface area contributed by atoms with Crippen LogP contribution < -0.4 is 11.0 Å². The van der Waals surface area contributed by atoms with Crippen LogP contribution in [0.4, 0.5) is 10.1 Å². The van der Waals surface area contributed by atoms with Crippen LogP contribution in [0, 0.1) is 27.3 Å². The number of hydrogen-bond acceptors (Lipinski definition) is 6. The largest absolute Gasteiger partial charge is 0.318 e. The first-order valence-corrected chi connectivity index (χ1v) is 3.61. The summed E-state index contributed by atoms with van der Waals surface area (Å²) in [6.07, 6.45) is 0. The number of anilines is 1. The Labute approximate surface area is 83.1 Å². The lowest BCUT2D eigenvalue weighted by Gasteiger charge is -2.14. The Balaban J connectivity index is 2.96. The lowest BCUT2D eigenvalue weighted by atomic mass is 10.2. The zero-order chi connectivity index (χ0) is 11.4. The first kappa shape index (κ1) is 10.7. The SMILES string of the molecule is N#Cc1ccc(N(N)O[N+](=O)[O-])c(F)c1. The van der Waals surface area contributed by atoms with Crippen LogP contribution in [0.5, 0.6) is 0 Å².